The first-order valence-electron chi connectivity index (χ1n) is 5.88. The lowest BCUT2D eigenvalue weighted by atomic mass is 9.70. The van der Waals surface area contributed by atoms with Gasteiger partial charge in [0, 0.05) is 6.04 Å². The fraction of sp³-hybridized carbons (Fsp3) is 0.917. The van der Waals surface area contributed by atoms with E-state index < -0.39 is 6.04 Å². The molecule has 3 atom stereocenters. The van der Waals surface area contributed by atoms with Gasteiger partial charge in [0.2, 0.25) is 5.91 Å². The summed E-state index contributed by atoms with van der Waals surface area (Å²) in [4.78, 5) is 11.5. The maximum atomic E-state index is 11.5. The second-order valence-corrected chi connectivity index (χ2v) is 5.79. The van der Waals surface area contributed by atoms with Crippen LogP contribution in [0.15, 0.2) is 0 Å². The van der Waals surface area contributed by atoms with E-state index in [4.69, 9.17) is 5.73 Å². The van der Waals surface area contributed by atoms with Crippen molar-refractivity contribution in [3.05, 3.63) is 0 Å². The molecule has 3 nitrogen and oxygen atoms in total. The summed E-state index contributed by atoms with van der Waals surface area (Å²) in [6, 6.07) is -0.0799. The van der Waals surface area contributed by atoms with Crippen LogP contribution in [0.5, 0.6) is 0 Å². The quantitative estimate of drug-likeness (QED) is 0.731. The average molecular weight is 212 g/mol. The van der Waals surface area contributed by atoms with Gasteiger partial charge >= 0.3 is 0 Å². The van der Waals surface area contributed by atoms with Gasteiger partial charge in [-0.1, -0.05) is 20.8 Å². The Hall–Kier alpha value is -0.570. The van der Waals surface area contributed by atoms with Gasteiger partial charge in [-0.3, -0.25) is 4.79 Å². The molecule has 0 aromatic carbocycles. The van der Waals surface area contributed by atoms with E-state index in [2.05, 4.69) is 26.1 Å². The number of rotatable bonds is 2. The van der Waals surface area contributed by atoms with Crippen LogP contribution in [0.2, 0.25) is 0 Å². The van der Waals surface area contributed by atoms with E-state index in [-0.39, 0.29) is 5.91 Å². The Morgan fingerprint density at radius 2 is 2.13 bits per heavy atom. The molecule has 0 heterocycles. The van der Waals surface area contributed by atoms with E-state index >= 15 is 0 Å². The predicted molar refractivity (Wildman–Crippen MR) is 62.4 cm³/mol. The monoisotopic (exact) mass is 212 g/mol. The molecule has 1 saturated carbocycles. The number of hydrogen-bond donors (Lipinski definition) is 2. The maximum absolute atomic E-state index is 11.5. The summed E-state index contributed by atoms with van der Waals surface area (Å²) < 4.78 is 0. The third-order valence-corrected chi connectivity index (χ3v) is 3.43. The predicted octanol–water partition coefficient (Wildman–Crippen LogP) is 1.66. The highest BCUT2D eigenvalue weighted by atomic mass is 16.2. The first kappa shape index (κ1) is 12.5. The van der Waals surface area contributed by atoms with Crippen LogP contribution in [-0.4, -0.2) is 18.0 Å². The smallest absolute Gasteiger partial charge is 0.236 e. The van der Waals surface area contributed by atoms with Crippen LogP contribution in [0.4, 0.5) is 0 Å². The Morgan fingerprint density at radius 1 is 1.53 bits per heavy atom. The van der Waals surface area contributed by atoms with Gasteiger partial charge in [0.15, 0.2) is 0 Å². The van der Waals surface area contributed by atoms with Gasteiger partial charge in [-0.15, -0.1) is 0 Å². The molecule has 0 aromatic rings. The van der Waals surface area contributed by atoms with Gasteiger partial charge < -0.3 is 11.1 Å². The van der Waals surface area contributed by atoms with Crippen molar-refractivity contribution in [3.63, 3.8) is 0 Å². The van der Waals surface area contributed by atoms with Crippen molar-refractivity contribution in [2.75, 3.05) is 0 Å². The standard InChI is InChI=1S/C12H24N2O/c1-8-7-12(3,4)6-5-10(8)14-11(15)9(2)13/h8-10H,5-7,13H2,1-4H3,(H,14,15)/t8?,9-,10?/m1/s1. The van der Waals surface area contributed by atoms with Crippen molar-refractivity contribution in [2.24, 2.45) is 17.1 Å². The van der Waals surface area contributed by atoms with Crippen LogP contribution in [0.25, 0.3) is 0 Å². The summed E-state index contributed by atoms with van der Waals surface area (Å²) in [5.74, 6) is 0.531. The van der Waals surface area contributed by atoms with Gasteiger partial charge in [-0.25, -0.2) is 0 Å². The maximum Gasteiger partial charge on any atom is 0.236 e. The van der Waals surface area contributed by atoms with Crippen molar-refractivity contribution in [1.82, 2.24) is 5.32 Å². The highest BCUT2D eigenvalue weighted by molar-refractivity contribution is 5.81. The molecule has 88 valence electrons. The van der Waals surface area contributed by atoms with E-state index in [1.165, 1.54) is 12.8 Å². The molecule has 2 unspecified atom stereocenters. The minimum atomic E-state index is -0.396. The summed E-state index contributed by atoms with van der Waals surface area (Å²) in [6.45, 7) is 8.54. The zero-order valence-corrected chi connectivity index (χ0v) is 10.3. The van der Waals surface area contributed by atoms with E-state index in [0.717, 1.165) is 6.42 Å². The topological polar surface area (TPSA) is 55.1 Å². The van der Waals surface area contributed by atoms with Crippen LogP contribution in [0.1, 0.15) is 47.0 Å². The lowest BCUT2D eigenvalue weighted by Crippen LogP contribution is -2.49. The van der Waals surface area contributed by atoms with Crippen molar-refractivity contribution in [1.29, 1.82) is 0 Å². The molecule has 1 fully saturated rings. The van der Waals surface area contributed by atoms with Crippen molar-refractivity contribution < 1.29 is 4.79 Å². The third-order valence-electron chi connectivity index (χ3n) is 3.43. The first-order chi connectivity index (χ1) is 6.82. The summed E-state index contributed by atoms with van der Waals surface area (Å²) >= 11 is 0. The highest BCUT2D eigenvalue weighted by Gasteiger charge is 2.33. The van der Waals surface area contributed by atoms with Crippen LogP contribution in [0, 0.1) is 11.3 Å². The second-order valence-electron chi connectivity index (χ2n) is 5.79. The van der Waals surface area contributed by atoms with Crippen LogP contribution >= 0.6 is 0 Å². The van der Waals surface area contributed by atoms with Gasteiger partial charge in [0.1, 0.15) is 0 Å². The Balaban J connectivity index is 2.48. The van der Waals surface area contributed by atoms with Gasteiger partial charge in [0.05, 0.1) is 6.04 Å². The van der Waals surface area contributed by atoms with Gasteiger partial charge in [0.25, 0.3) is 0 Å². The van der Waals surface area contributed by atoms with Crippen molar-refractivity contribution in [2.45, 2.75) is 59.0 Å². The van der Waals surface area contributed by atoms with Gasteiger partial charge in [-0.2, -0.15) is 0 Å². The second kappa shape index (κ2) is 4.52. The first-order valence-corrected chi connectivity index (χ1v) is 5.88. The number of nitrogens with one attached hydrogen (secondary N) is 1. The van der Waals surface area contributed by atoms with E-state index in [1.54, 1.807) is 6.92 Å². The number of hydrogen-bond acceptors (Lipinski definition) is 2. The van der Waals surface area contributed by atoms with E-state index in [9.17, 15) is 4.79 Å². The summed E-state index contributed by atoms with van der Waals surface area (Å²) in [5, 5.41) is 3.04. The van der Waals surface area contributed by atoms with Gasteiger partial charge in [-0.05, 0) is 37.5 Å². The molecule has 1 rings (SSSR count). The summed E-state index contributed by atoms with van der Waals surface area (Å²) in [5.41, 5.74) is 5.97. The largest absolute Gasteiger partial charge is 0.352 e. The van der Waals surface area contributed by atoms with Crippen molar-refractivity contribution >= 4 is 5.91 Å². The number of carbonyl (C=O) groups is 1. The van der Waals surface area contributed by atoms with E-state index in [1.807, 2.05) is 0 Å². The number of amides is 1. The lowest BCUT2D eigenvalue weighted by molar-refractivity contribution is -0.123. The Kier molecular flexibility index (Phi) is 3.77. The van der Waals surface area contributed by atoms with Crippen LogP contribution in [0.3, 0.4) is 0 Å². The van der Waals surface area contributed by atoms with Crippen LogP contribution < -0.4 is 11.1 Å². The Labute approximate surface area is 92.8 Å². The molecule has 0 radical (unpaired) electrons. The molecule has 15 heavy (non-hydrogen) atoms. The molecule has 0 saturated heterocycles. The van der Waals surface area contributed by atoms with Crippen molar-refractivity contribution in [3.8, 4) is 0 Å². The minimum Gasteiger partial charge on any atom is -0.352 e. The Bertz CT molecular complexity index is 236. The number of carbonyl (C=O) groups excluding carboxylic acids is 1. The molecular formula is C12H24N2O. The SMILES string of the molecule is CC1CC(C)(C)CCC1NC(=O)[C@@H](C)N. The molecule has 0 bridgehead atoms. The average Bonchev–Trinajstić information content (AvgIpc) is 2.08. The molecule has 0 spiro atoms. The zero-order valence-electron chi connectivity index (χ0n) is 10.3. The molecule has 3 heteroatoms. The summed E-state index contributed by atoms with van der Waals surface area (Å²) in [7, 11) is 0. The molecular weight excluding hydrogens is 188 g/mol. The third kappa shape index (κ3) is 3.49. The Morgan fingerprint density at radius 3 is 2.60 bits per heavy atom. The summed E-state index contributed by atoms with van der Waals surface area (Å²) in [6.07, 6.45) is 3.44. The molecule has 1 amide bonds. The molecule has 3 N–H and O–H groups in total. The highest BCUT2D eigenvalue weighted by Crippen LogP contribution is 2.38. The number of nitrogens with two attached hydrogens (primary N) is 1. The molecule has 1 aliphatic carbocycles. The molecule has 0 aromatic heterocycles. The van der Waals surface area contributed by atoms with Crippen LogP contribution in [-0.2, 0) is 4.79 Å². The zero-order chi connectivity index (χ0) is 11.6. The van der Waals surface area contributed by atoms with E-state index in [0.29, 0.717) is 17.4 Å². The molecule has 0 aliphatic heterocycles. The lowest BCUT2D eigenvalue weighted by Gasteiger charge is -2.39. The fourth-order valence-corrected chi connectivity index (χ4v) is 2.48. The fourth-order valence-electron chi connectivity index (χ4n) is 2.48. The normalized spacial score (nSPS) is 32.1. The minimum absolute atomic E-state index is 0.0217. The molecule has 1 aliphatic rings.